The highest BCUT2D eigenvalue weighted by molar-refractivity contribution is 5.79. The maximum atomic E-state index is 5.95. The van der Waals surface area contributed by atoms with E-state index in [1.807, 2.05) is 25.2 Å². The average Bonchev–Trinajstić information content (AvgIpc) is 2.71. The van der Waals surface area contributed by atoms with Crippen LogP contribution < -0.4 is 14.8 Å². The summed E-state index contributed by atoms with van der Waals surface area (Å²) in [6.45, 7) is 12.6. The van der Waals surface area contributed by atoms with E-state index in [1.165, 1.54) is 0 Å². The van der Waals surface area contributed by atoms with Gasteiger partial charge >= 0.3 is 0 Å². The predicted molar refractivity (Wildman–Crippen MR) is 118 cm³/mol. The van der Waals surface area contributed by atoms with Gasteiger partial charge in [-0.25, -0.2) is 0 Å². The first-order valence-electron chi connectivity index (χ1n) is 10.5. The smallest absolute Gasteiger partial charge is 0.194 e. The van der Waals surface area contributed by atoms with E-state index in [4.69, 9.17) is 19.2 Å². The second-order valence-corrected chi connectivity index (χ2v) is 7.87. The summed E-state index contributed by atoms with van der Waals surface area (Å²) in [7, 11) is 5.38. The molecule has 29 heavy (non-hydrogen) atoms. The molecule has 7 heteroatoms. The Morgan fingerprint density at radius 3 is 2.79 bits per heavy atom. The van der Waals surface area contributed by atoms with Gasteiger partial charge in [0.05, 0.1) is 33.5 Å². The van der Waals surface area contributed by atoms with E-state index in [0.717, 1.165) is 55.8 Å². The molecule has 0 amide bonds. The fraction of sp³-hybridized carbons (Fsp3) is 0.682. The minimum absolute atomic E-state index is 0.139. The van der Waals surface area contributed by atoms with Crippen molar-refractivity contribution < 1.29 is 14.2 Å². The molecule has 1 fully saturated rings. The van der Waals surface area contributed by atoms with E-state index in [0.29, 0.717) is 19.0 Å². The number of benzene rings is 1. The SMILES string of the molecule is CCNC(=NCC1CN(CC(C)C)CCO1)N(C)Cc1ccc(OC)cc1OC. The Morgan fingerprint density at radius 1 is 1.34 bits per heavy atom. The summed E-state index contributed by atoms with van der Waals surface area (Å²) in [5.74, 6) is 3.14. The van der Waals surface area contributed by atoms with Crippen LogP contribution in [0.5, 0.6) is 11.5 Å². The van der Waals surface area contributed by atoms with Crippen molar-refractivity contribution in [1.29, 1.82) is 0 Å². The van der Waals surface area contributed by atoms with Crippen LogP contribution in [0.4, 0.5) is 0 Å². The fourth-order valence-electron chi connectivity index (χ4n) is 3.54. The van der Waals surface area contributed by atoms with Crippen LogP contribution in [0.2, 0.25) is 0 Å². The number of nitrogens with zero attached hydrogens (tertiary/aromatic N) is 3. The molecular weight excluding hydrogens is 368 g/mol. The topological polar surface area (TPSA) is 58.6 Å². The van der Waals surface area contributed by atoms with Gasteiger partial charge in [-0.15, -0.1) is 0 Å². The van der Waals surface area contributed by atoms with E-state index < -0.39 is 0 Å². The molecule has 0 spiro atoms. The second kappa shape index (κ2) is 11.9. The van der Waals surface area contributed by atoms with Gasteiger partial charge in [-0.1, -0.05) is 13.8 Å². The van der Waals surface area contributed by atoms with Gasteiger partial charge in [-0.2, -0.15) is 0 Å². The summed E-state index contributed by atoms with van der Waals surface area (Å²) >= 11 is 0. The molecule has 0 saturated carbocycles. The van der Waals surface area contributed by atoms with Gasteiger partial charge in [0.15, 0.2) is 5.96 Å². The highest BCUT2D eigenvalue weighted by atomic mass is 16.5. The Labute approximate surface area is 176 Å². The van der Waals surface area contributed by atoms with Crippen LogP contribution in [0.15, 0.2) is 23.2 Å². The lowest BCUT2D eigenvalue weighted by atomic mass is 10.2. The molecule has 7 nitrogen and oxygen atoms in total. The molecule has 1 N–H and O–H groups in total. The highest BCUT2D eigenvalue weighted by Gasteiger charge is 2.21. The molecule has 164 valence electrons. The molecule has 1 saturated heterocycles. The van der Waals surface area contributed by atoms with Crippen molar-refractivity contribution in [3.8, 4) is 11.5 Å². The maximum Gasteiger partial charge on any atom is 0.194 e. The molecule has 2 rings (SSSR count). The number of methoxy groups -OCH3 is 2. The van der Waals surface area contributed by atoms with E-state index >= 15 is 0 Å². The summed E-state index contributed by atoms with van der Waals surface area (Å²) in [5.41, 5.74) is 1.08. The summed E-state index contributed by atoms with van der Waals surface area (Å²) in [6, 6.07) is 5.90. The fourth-order valence-corrected chi connectivity index (χ4v) is 3.54. The summed E-state index contributed by atoms with van der Waals surface area (Å²) in [5, 5.41) is 3.39. The van der Waals surface area contributed by atoms with E-state index in [-0.39, 0.29) is 6.10 Å². The lowest BCUT2D eigenvalue weighted by Crippen LogP contribution is -2.46. The van der Waals surface area contributed by atoms with Crippen LogP contribution >= 0.6 is 0 Å². The third kappa shape index (κ3) is 7.40. The molecule has 1 unspecified atom stereocenters. The van der Waals surface area contributed by atoms with Crippen molar-refractivity contribution in [3.05, 3.63) is 23.8 Å². The third-order valence-corrected chi connectivity index (χ3v) is 4.89. The van der Waals surface area contributed by atoms with Crippen molar-refractivity contribution in [2.45, 2.75) is 33.4 Å². The van der Waals surface area contributed by atoms with Crippen molar-refractivity contribution >= 4 is 5.96 Å². The molecule has 1 aromatic rings. The van der Waals surface area contributed by atoms with Crippen LogP contribution in [-0.4, -0.2) is 82.5 Å². The summed E-state index contributed by atoms with van der Waals surface area (Å²) in [4.78, 5) is 9.44. The molecule has 1 aromatic carbocycles. The molecule has 0 aliphatic carbocycles. The minimum atomic E-state index is 0.139. The van der Waals surface area contributed by atoms with Gasteiger partial charge in [-0.3, -0.25) is 9.89 Å². The van der Waals surface area contributed by atoms with Gasteiger partial charge in [-0.05, 0) is 25.0 Å². The molecule has 0 bridgehead atoms. The van der Waals surface area contributed by atoms with Crippen LogP contribution in [0.3, 0.4) is 0 Å². The lowest BCUT2D eigenvalue weighted by Gasteiger charge is -2.33. The number of ether oxygens (including phenoxy) is 3. The number of aliphatic imine (C=N–C) groups is 1. The highest BCUT2D eigenvalue weighted by Crippen LogP contribution is 2.25. The van der Waals surface area contributed by atoms with Gasteiger partial charge in [0, 0.05) is 51.4 Å². The Morgan fingerprint density at radius 2 is 2.14 bits per heavy atom. The van der Waals surface area contributed by atoms with Gasteiger partial charge < -0.3 is 24.4 Å². The van der Waals surface area contributed by atoms with Crippen molar-refractivity contribution in [2.24, 2.45) is 10.9 Å². The normalized spacial score (nSPS) is 18.0. The number of guanidine groups is 1. The molecule has 0 aromatic heterocycles. The number of hydrogen-bond acceptors (Lipinski definition) is 5. The van der Waals surface area contributed by atoms with Gasteiger partial charge in [0.2, 0.25) is 0 Å². The first-order valence-corrected chi connectivity index (χ1v) is 10.5. The molecule has 1 aliphatic heterocycles. The molecule has 1 atom stereocenters. The van der Waals surface area contributed by atoms with E-state index in [2.05, 4.69) is 35.9 Å². The number of morpholine rings is 1. The molecule has 0 radical (unpaired) electrons. The third-order valence-electron chi connectivity index (χ3n) is 4.89. The number of nitrogens with one attached hydrogen (secondary N) is 1. The minimum Gasteiger partial charge on any atom is -0.497 e. The second-order valence-electron chi connectivity index (χ2n) is 7.87. The molecular formula is C22H38N4O3. The lowest BCUT2D eigenvalue weighted by molar-refractivity contribution is -0.0262. The van der Waals surface area contributed by atoms with Crippen molar-refractivity contribution in [1.82, 2.24) is 15.1 Å². The zero-order chi connectivity index (χ0) is 21.2. The van der Waals surface area contributed by atoms with Crippen molar-refractivity contribution in [2.75, 3.05) is 60.6 Å². The predicted octanol–water partition coefficient (Wildman–Crippen LogP) is 2.46. The Kier molecular flexibility index (Phi) is 9.54. The van der Waals surface area contributed by atoms with Gasteiger partial charge in [0.1, 0.15) is 11.5 Å². The Bertz CT molecular complexity index is 651. The van der Waals surface area contributed by atoms with E-state index in [1.54, 1.807) is 14.2 Å². The van der Waals surface area contributed by atoms with E-state index in [9.17, 15) is 0 Å². The first kappa shape index (κ1) is 23.3. The van der Waals surface area contributed by atoms with Crippen LogP contribution in [0, 0.1) is 5.92 Å². The summed E-state index contributed by atoms with van der Waals surface area (Å²) in [6.07, 6.45) is 0.139. The van der Waals surface area contributed by atoms with Gasteiger partial charge in [0.25, 0.3) is 0 Å². The monoisotopic (exact) mass is 406 g/mol. The zero-order valence-electron chi connectivity index (χ0n) is 18.9. The first-order chi connectivity index (χ1) is 14.0. The maximum absolute atomic E-state index is 5.95. The van der Waals surface area contributed by atoms with Crippen LogP contribution in [0.25, 0.3) is 0 Å². The number of hydrogen-bond donors (Lipinski definition) is 1. The van der Waals surface area contributed by atoms with Crippen molar-refractivity contribution in [3.63, 3.8) is 0 Å². The summed E-state index contributed by atoms with van der Waals surface area (Å²) < 4.78 is 16.8. The number of rotatable bonds is 9. The van der Waals surface area contributed by atoms with Crippen LogP contribution in [-0.2, 0) is 11.3 Å². The zero-order valence-corrected chi connectivity index (χ0v) is 18.9. The average molecular weight is 407 g/mol. The molecule has 1 heterocycles. The Hall–Kier alpha value is -1.99. The quantitative estimate of drug-likeness (QED) is 0.502. The molecule has 1 aliphatic rings. The van der Waals surface area contributed by atoms with Crippen LogP contribution in [0.1, 0.15) is 26.3 Å². The Balaban J connectivity index is 2.02. The largest absolute Gasteiger partial charge is 0.497 e. The standard InChI is InChI=1S/C22H38N4O3/c1-7-23-22(24-13-20-16-26(10-11-29-20)14-17(2)3)25(4)15-18-8-9-19(27-5)12-21(18)28-6/h8-9,12,17,20H,7,10-11,13-16H2,1-6H3,(H,23,24).